The van der Waals surface area contributed by atoms with Crippen molar-refractivity contribution in [2.24, 2.45) is 0 Å². The van der Waals surface area contributed by atoms with Crippen LogP contribution in [-0.4, -0.2) is 55.2 Å². The minimum Gasteiger partial charge on any atom is -0.477 e. The first kappa shape index (κ1) is 18.9. The van der Waals surface area contributed by atoms with Crippen LogP contribution in [0, 0.1) is 0 Å². The van der Waals surface area contributed by atoms with Gasteiger partial charge in [0.15, 0.2) is 6.54 Å². The molecule has 0 radical (unpaired) electrons. The van der Waals surface area contributed by atoms with E-state index in [-0.39, 0.29) is 12.5 Å². The molecule has 0 unspecified atom stereocenters. The molecule has 0 heterocycles. The summed E-state index contributed by atoms with van der Waals surface area (Å²) in [6, 6.07) is 0. The minimum absolute atomic E-state index is 0.116. The standard InChI is InChI=1S/C15H30N2O3/c1-4-5-6-7-8-10-14(18)16-11-9-12-17(2,3)13-15(19)20/h4-13H2,1-3H3,(H-,16,18,19,20)/p+1. The number of quaternary nitrogens is 1. The Kier molecular flexibility index (Phi) is 10.1. The van der Waals surface area contributed by atoms with Crippen LogP contribution in [0.2, 0.25) is 0 Å². The number of unbranched alkanes of at least 4 members (excludes halogenated alkanes) is 4. The van der Waals surface area contributed by atoms with Gasteiger partial charge in [0.2, 0.25) is 5.91 Å². The molecule has 0 bridgehead atoms. The number of rotatable bonds is 12. The van der Waals surface area contributed by atoms with E-state index in [1.54, 1.807) is 0 Å². The van der Waals surface area contributed by atoms with Crippen molar-refractivity contribution < 1.29 is 19.2 Å². The van der Waals surface area contributed by atoms with Crippen LogP contribution < -0.4 is 5.32 Å². The lowest BCUT2D eigenvalue weighted by atomic mass is 10.1. The summed E-state index contributed by atoms with van der Waals surface area (Å²) in [6.45, 7) is 3.68. The molecule has 118 valence electrons. The van der Waals surface area contributed by atoms with Gasteiger partial charge in [-0.05, 0) is 6.42 Å². The van der Waals surface area contributed by atoms with Crippen LogP contribution in [0.1, 0.15) is 51.9 Å². The lowest BCUT2D eigenvalue weighted by molar-refractivity contribution is -0.883. The first-order valence-electron chi connectivity index (χ1n) is 7.68. The van der Waals surface area contributed by atoms with Crippen molar-refractivity contribution in [2.45, 2.75) is 51.9 Å². The van der Waals surface area contributed by atoms with Crippen LogP contribution in [0.15, 0.2) is 0 Å². The number of nitrogens with one attached hydrogen (secondary N) is 1. The highest BCUT2D eigenvalue weighted by molar-refractivity contribution is 5.75. The molecular formula is C15H31N2O3+. The van der Waals surface area contributed by atoms with Gasteiger partial charge in [-0.1, -0.05) is 32.6 Å². The summed E-state index contributed by atoms with van der Waals surface area (Å²) in [4.78, 5) is 22.2. The smallest absolute Gasteiger partial charge is 0.359 e. The maximum atomic E-state index is 11.6. The second kappa shape index (κ2) is 10.7. The summed E-state index contributed by atoms with van der Waals surface area (Å²) >= 11 is 0. The highest BCUT2D eigenvalue weighted by atomic mass is 16.4. The van der Waals surface area contributed by atoms with Crippen molar-refractivity contribution in [3.05, 3.63) is 0 Å². The van der Waals surface area contributed by atoms with E-state index in [2.05, 4.69) is 12.2 Å². The van der Waals surface area contributed by atoms with Gasteiger partial charge in [0.05, 0.1) is 20.6 Å². The fourth-order valence-electron chi connectivity index (χ4n) is 2.16. The van der Waals surface area contributed by atoms with E-state index in [0.717, 1.165) is 25.8 Å². The van der Waals surface area contributed by atoms with Crippen LogP contribution >= 0.6 is 0 Å². The lowest BCUT2D eigenvalue weighted by Crippen LogP contribution is -2.45. The van der Waals surface area contributed by atoms with Crippen molar-refractivity contribution >= 4 is 11.9 Å². The number of carbonyl (C=O) groups is 2. The highest BCUT2D eigenvalue weighted by Gasteiger charge is 2.18. The Morgan fingerprint density at radius 3 is 2.30 bits per heavy atom. The number of hydrogen-bond donors (Lipinski definition) is 2. The number of amides is 1. The molecule has 0 aromatic heterocycles. The number of likely N-dealkylation sites (N-methyl/N-ethyl adjacent to an activating group) is 1. The summed E-state index contributed by atoms with van der Waals surface area (Å²) in [5, 5.41) is 11.7. The zero-order chi connectivity index (χ0) is 15.4. The number of aliphatic carboxylic acids is 1. The molecule has 0 aliphatic rings. The molecule has 0 aromatic carbocycles. The van der Waals surface area contributed by atoms with Crippen LogP contribution in [0.5, 0.6) is 0 Å². The third-order valence-electron chi connectivity index (χ3n) is 3.33. The molecule has 0 rings (SSSR count). The number of carboxylic acids is 1. The molecule has 0 aliphatic heterocycles. The van der Waals surface area contributed by atoms with Crippen molar-refractivity contribution in [3.63, 3.8) is 0 Å². The summed E-state index contributed by atoms with van der Waals surface area (Å²) in [7, 11) is 3.79. The Morgan fingerprint density at radius 1 is 1.05 bits per heavy atom. The van der Waals surface area contributed by atoms with Gasteiger partial charge in [-0.3, -0.25) is 4.79 Å². The molecule has 5 heteroatoms. The highest BCUT2D eigenvalue weighted by Crippen LogP contribution is 2.04. The number of hydrogen-bond acceptors (Lipinski definition) is 2. The molecule has 0 aromatic rings. The van der Waals surface area contributed by atoms with Gasteiger partial charge in [-0.2, -0.15) is 0 Å². The third kappa shape index (κ3) is 12.0. The SMILES string of the molecule is CCCCCCCC(=O)NCCC[N+](C)(C)CC(=O)O. The normalized spacial score (nSPS) is 11.3. The first-order valence-corrected chi connectivity index (χ1v) is 7.68. The zero-order valence-electron chi connectivity index (χ0n) is 13.3. The third-order valence-corrected chi connectivity index (χ3v) is 3.33. The fourth-order valence-corrected chi connectivity index (χ4v) is 2.16. The quantitative estimate of drug-likeness (QED) is 0.426. The molecule has 1 amide bonds. The topological polar surface area (TPSA) is 66.4 Å². The summed E-state index contributed by atoms with van der Waals surface area (Å²) in [5.41, 5.74) is 0. The lowest BCUT2D eigenvalue weighted by Gasteiger charge is -2.27. The van der Waals surface area contributed by atoms with Crippen molar-refractivity contribution in [1.82, 2.24) is 5.32 Å². The van der Waals surface area contributed by atoms with Crippen molar-refractivity contribution in [2.75, 3.05) is 33.7 Å². The number of carbonyl (C=O) groups excluding carboxylic acids is 1. The Labute approximate surface area is 122 Å². The first-order chi connectivity index (χ1) is 9.37. The number of carboxylic acid groups (broad SMARTS) is 1. The molecule has 0 atom stereocenters. The van der Waals surface area contributed by atoms with Crippen LogP contribution in [-0.2, 0) is 9.59 Å². The second-order valence-electron chi connectivity index (χ2n) is 6.08. The molecule has 0 aliphatic carbocycles. The Morgan fingerprint density at radius 2 is 1.70 bits per heavy atom. The Hall–Kier alpha value is -1.10. The van der Waals surface area contributed by atoms with Gasteiger partial charge in [0.25, 0.3) is 0 Å². The molecule has 5 nitrogen and oxygen atoms in total. The van der Waals surface area contributed by atoms with E-state index in [1.807, 2.05) is 14.1 Å². The largest absolute Gasteiger partial charge is 0.477 e. The molecular weight excluding hydrogens is 256 g/mol. The van der Waals surface area contributed by atoms with E-state index in [9.17, 15) is 9.59 Å². The van der Waals surface area contributed by atoms with E-state index < -0.39 is 5.97 Å². The van der Waals surface area contributed by atoms with Gasteiger partial charge < -0.3 is 14.9 Å². The van der Waals surface area contributed by atoms with Gasteiger partial charge in [0, 0.05) is 19.4 Å². The molecule has 20 heavy (non-hydrogen) atoms. The predicted octanol–water partition coefficient (Wildman–Crippen LogP) is 2.01. The molecule has 2 N–H and O–H groups in total. The average molecular weight is 287 g/mol. The van der Waals surface area contributed by atoms with E-state index in [1.165, 1.54) is 19.3 Å². The van der Waals surface area contributed by atoms with E-state index in [4.69, 9.17) is 5.11 Å². The fraction of sp³-hybridized carbons (Fsp3) is 0.867. The summed E-state index contributed by atoms with van der Waals surface area (Å²) in [5.74, 6) is -0.670. The van der Waals surface area contributed by atoms with Gasteiger partial charge in [0.1, 0.15) is 0 Å². The van der Waals surface area contributed by atoms with Crippen LogP contribution in [0.4, 0.5) is 0 Å². The molecule has 0 saturated carbocycles. The maximum Gasteiger partial charge on any atom is 0.359 e. The van der Waals surface area contributed by atoms with Gasteiger partial charge in [-0.25, -0.2) is 4.79 Å². The molecule has 0 spiro atoms. The average Bonchev–Trinajstić information content (AvgIpc) is 2.33. The Balaban J connectivity index is 3.54. The monoisotopic (exact) mass is 287 g/mol. The zero-order valence-corrected chi connectivity index (χ0v) is 13.3. The summed E-state index contributed by atoms with van der Waals surface area (Å²) in [6.07, 6.45) is 7.19. The minimum atomic E-state index is -0.786. The van der Waals surface area contributed by atoms with Crippen LogP contribution in [0.25, 0.3) is 0 Å². The van der Waals surface area contributed by atoms with Gasteiger partial charge in [-0.15, -0.1) is 0 Å². The van der Waals surface area contributed by atoms with E-state index >= 15 is 0 Å². The van der Waals surface area contributed by atoms with E-state index in [0.29, 0.717) is 17.4 Å². The maximum absolute atomic E-state index is 11.6. The predicted molar refractivity (Wildman–Crippen MR) is 80.5 cm³/mol. The van der Waals surface area contributed by atoms with Gasteiger partial charge >= 0.3 is 5.97 Å². The van der Waals surface area contributed by atoms with Crippen molar-refractivity contribution in [3.8, 4) is 0 Å². The number of nitrogens with zero attached hydrogens (tertiary/aromatic N) is 1. The summed E-state index contributed by atoms with van der Waals surface area (Å²) < 4.78 is 0.447. The molecule has 0 fully saturated rings. The Bertz CT molecular complexity index is 291. The van der Waals surface area contributed by atoms with Crippen molar-refractivity contribution in [1.29, 1.82) is 0 Å². The second-order valence-corrected chi connectivity index (χ2v) is 6.08. The van der Waals surface area contributed by atoms with Crippen LogP contribution in [0.3, 0.4) is 0 Å². The molecule has 0 saturated heterocycles.